The van der Waals surface area contributed by atoms with E-state index in [1.165, 1.54) is 0 Å². The predicted octanol–water partition coefficient (Wildman–Crippen LogP) is -2.15. The average Bonchev–Trinajstić information content (AvgIpc) is 1.64. The summed E-state index contributed by atoms with van der Waals surface area (Å²) in [5, 5.41) is 7.78. The topological polar surface area (TPSA) is 91.5 Å². The Morgan fingerprint density at radius 2 is 2.12 bits per heavy atom. The van der Waals surface area contributed by atoms with Crippen LogP contribution < -0.4 is 11.4 Å². The molecule has 6 nitrogen and oxygen atoms in total. The molecule has 0 aliphatic heterocycles. The second kappa shape index (κ2) is 1.57. The molecule has 0 aliphatic rings. The molecule has 1 aromatic heterocycles. The standard InChI is InChI=1S/C2H2N4O2/c7-1-3-2(8)5-6-4-1/h(H2,3,4,5,7,8). The molecule has 1 aromatic rings. The largest absolute Gasteiger partial charge is 0.369 e. The Balaban J connectivity index is 3.50. The van der Waals surface area contributed by atoms with Crippen molar-refractivity contribution >= 4 is 0 Å². The van der Waals surface area contributed by atoms with Crippen LogP contribution in [0.1, 0.15) is 0 Å². The van der Waals surface area contributed by atoms with Crippen LogP contribution in [-0.4, -0.2) is 20.4 Å². The summed E-state index contributed by atoms with van der Waals surface area (Å²) in [5.41, 5.74) is -1.39. The van der Waals surface area contributed by atoms with E-state index in [0.29, 0.717) is 0 Å². The lowest BCUT2D eigenvalue weighted by molar-refractivity contribution is 0.753. The summed E-state index contributed by atoms with van der Waals surface area (Å²) >= 11 is 0. The van der Waals surface area contributed by atoms with Crippen molar-refractivity contribution in [1.82, 2.24) is 20.4 Å². The molecule has 1 heterocycles. The number of hydrogen-bond acceptors (Lipinski definition) is 4. The van der Waals surface area contributed by atoms with E-state index in [4.69, 9.17) is 0 Å². The molecule has 1 rings (SSSR count). The Morgan fingerprint density at radius 1 is 1.38 bits per heavy atom. The zero-order valence-corrected chi connectivity index (χ0v) is 3.71. The van der Waals surface area contributed by atoms with Gasteiger partial charge in [0.1, 0.15) is 0 Å². The Hall–Kier alpha value is -1.46. The zero-order chi connectivity index (χ0) is 5.98. The van der Waals surface area contributed by atoms with E-state index in [-0.39, 0.29) is 0 Å². The van der Waals surface area contributed by atoms with Gasteiger partial charge in [0.25, 0.3) is 0 Å². The van der Waals surface area contributed by atoms with Gasteiger partial charge >= 0.3 is 11.4 Å². The number of hydrogen-bond donors (Lipinski definition) is 2. The van der Waals surface area contributed by atoms with Crippen molar-refractivity contribution < 1.29 is 0 Å². The molecule has 0 saturated carbocycles. The molecule has 0 saturated heterocycles. The summed E-state index contributed by atoms with van der Waals surface area (Å²) in [6.07, 6.45) is 0. The van der Waals surface area contributed by atoms with E-state index in [1.54, 1.807) is 0 Å². The van der Waals surface area contributed by atoms with Gasteiger partial charge in [-0.05, 0) is 0 Å². The minimum Gasteiger partial charge on any atom is -0.255 e. The van der Waals surface area contributed by atoms with Gasteiger partial charge in [-0.3, -0.25) is 4.98 Å². The van der Waals surface area contributed by atoms with Crippen molar-refractivity contribution in [3.8, 4) is 0 Å². The highest BCUT2D eigenvalue weighted by Crippen LogP contribution is 1.30. The lowest BCUT2D eigenvalue weighted by Crippen LogP contribution is -2.25. The third-order valence-corrected chi connectivity index (χ3v) is 0.513. The number of rotatable bonds is 0. The quantitative estimate of drug-likeness (QED) is 0.402. The first-order chi connectivity index (χ1) is 3.79. The van der Waals surface area contributed by atoms with Gasteiger partial charge in [0.2, 0.25) is 0 Å². The van der Waals surface area contributed by atoms with Crippen LogP contribution in [0.25, 0.3) is 0 Å². The second-order valence-electron chi connectivity index (χ2n) is 1.07. The molecule has 0 unspecified atom stereocenters. The highest BCUT2D eigenvalue weighted by molar-refractivity contribution is 4.49. The van der Waals surface area contributed by atoms with Gasteiger partial charge in [-0.25, -0.2) is 14.7 Å². The number of nitrogens with one attached hydrogen (secondary N) is 2. The molecule has 0 aromatic carbocycles. The summed E-state index contributed by atoms with van der Waals surface area (Å²) in [5.74, 6) is 0. The van der Waals surface area contributed by atoms with Gasteiger partial charge in [-0.1, -0.05) is 10.3 Å². The SMILES string of the molecule is O=c1nn[nH]c(=O)[nH]1. The van der Waals surface area contributed by atoms with E-state index in [9.17, 15) is 9.59 Å². The lowest BCUT2D eigenvalue weighted by atomic mass is 11.2. The number of aromatic nitrogens is 4. The third kappa shape index (κ3) is 0.780. The fourth-order valence-corrected chi connectivity index (χ4v) is 0.266. The minimum absolute atomic E-state index is 0.648. The lowest BCUT2D eigenvalue weighted by Gasteiger charge is -1.73. The summed E-state index contributed by atoms with van der Waals surface area (Å²) in [6.45, 7) is 0. The second-order valence-corrected chi connectivity index (χ2v) is 1.07. The number of nitrogens with zero attached hydrogens (tertiary/aromatic N) is 2. The Bertz CT molecular complexity index is 246. The predicted molar refractivity (Wildman–Crippen MR) is 23.3 cm³/mol. The summed E-state index contributed by atoms with van der Waals surface area (Å²) in [7, 11) is 0. The molecule has 0 radical (unpaired) electrons. The highest BCUT2D eigenvalue weighted by Gasteiger charge is 1.80. The van der Waals surface area contributed by atoms with E-state index < -0.39 is 11.4 Å². The molecular weight excluding hydrogens is 112 g/mol. The molecule has 8 heavy (non-hydrogen) atoms. The van der Waals surface area contributed by atoms with Crippen LogP contribution in [0.4, 0.5) is 0 Å². The average molecular weight is 114 g/mol. The van der Waals surface area contributed by atoms with Crippen molar-refractivity contribution in [1.29, 1.82) is 0 Å². The first-order valence-corrected chi connectivity index (χ1v) is 1.81. The van der Waals surface area contributed by atoms with Crippen LogP contribution in [0.15, 0.2) is 9.59 Å². The van der Waals surface area contributed by atoms with E-state index in [2.05, 4.69) is 10.3 Å². The number of aromatic amines is 2. The van der Waals surface area contributed by atoms with E-state index in [1.807, 2.05) is 10.1 Å². The summed E-state index contributed by atoms with van der Waals surface area (Å²) in [4.78, 5) is 21.9. The normalized spacial score (nSPS) is 9.00. The molecule has 6 heteroatoms. The summed E-state index contributed by atoms with van der Waals surface area (Å²) < 4.78 is 0. The van der Waals surface area contributed by atoms with Gasteiger partial charge in [-0.2, -0.15) is 0 Å². The fourth-order valence-electron chi connectivity index (χ4n) is 0.266. The first-order valence-electron chi connectivity index (χ1n) is 1.81. The molecule has 0 fully saturated rings. The van der Waals surface area contributed by atoms with Crippen LogP contribution in [0, 0.1) is 0 Å². The molecular formula is C2H2N4O2. The molecule has 2 N–H and O–H groups in total. The van der Waals surface area contributed by atoms with Crippen LogP contribution in [0.3, 0.4) is 0 Å². The van der Waals surface area contributed by atoms with Crippen LogP contribution in [0.2, 0.25) is 0 Å². The maximum Gasteiger partial charge on any atom is 0.369 e. The molecule has 0 spiro atoms. The summed E-state index contributed by atoms with van der Waals surface area (Å²) in [6, 6.07) is 0. The van der Waals surface area contributed by atoms with Crippen LogP contribution in [-0.2, 0) is 0 Å². The number of H-pyrrole nitrogens is 2. The smallest absolute Gasteiger partial charge is 0.255 e. The monoisotopic (exact) mass is 114 g/mol. The first kappa shape index (κ1) is 4.69. The van der Waals surface area contributed by atoms with Crippen molar-refractivity contribution in [2.45, 2.75) is 0 Å². The molecule has 0 aliphatic carbocycles. The van der Waals surface area contributed by atoms with Crippen LogP contribution >= 0.6 is 0 Å². The van der Waals surface area contributed by atoms with Crippen molar-refractivity contribution in [2.24, 2.45) is 0 Å². The molecule has 0 bridgehead atoms. The Morgan fingerprint density at radius 3 is 2.50 bits per heavy atom. The molecule has 0 amide bonds. The van der Waals surface area contributed by atoms with E-state index in [0.717, 1.165) is 0 Å². The van der Waals surface area contributed by atoms with E-state index >= 15 is 0 Å². The van der Waals surface area contributed by atoms with Crippen LogP contribution in [0.5, 0.6) is 0 Å². The van der Waals surface area contributed by atoms with Crippen molar-refractivity contribution in [3.05, 3.63) is 21.0 Å². The maximum atomic E-state index is 10.1. The van der Waals surface area contributed by atoms with Gasteiger partial charge < -0.3 is 0 Å². The van der Waals surface area contributed by atoms with Gasteiger partial charge in [0.15, 0.2) is 0 Å². The minimum atomic E-state index is -0.742. The molecule has 42 valence electrons. The molecule has 0 atom stereocenters. The van der Waals surface area contributed by atoms with Crippen molar-refractivity contribution in [3.63, 3.8) is 0 Å². The third-order valence-electron chi connectivity index (χ3n) is 0.513. The Kier molecular flexibility index (Phi) is 0.918. The Labute approximate surface area is 42.6 Å². The van der Waals surface area contributed by atoms with Gasteiger partial charge in [0.05, 0.1) is 0 Å². The highest BCUT2D eigenvalue weighted by atomic mass is 16.2. The zero-order valence-electron chi connectivity index (χ0n) is 3.71. The van der Waals surface area contributed by atoms with Gasteiger partial charge in [-0.15, -0.1) is 0 Å². The van der Waals surface area contributed by atoms with Gasteiger partial charge in [0, 0.05) is 0 Å². The van der Waals surface area contributed by atoms with Crippen molar-refractivity contribution in [2.75, 3.05) is 0 Å². The maximum absolute atomic E-state index is 10.1. The fraction of sp³-hybridized carbons (Fsp3) is 0.